The van der Waals surface area contributed by atoms with Crippen LogP contribution in [0.1, 0.15) is 112 Å². The summed E-state index contributed by atoms with van der Waals surface area (Å²) in [7, 11) is 0. The van der Waals surface area contributed by atoms with Crippen molar-refractivity contribution in [1.29, 1.82) is 0 Å². The normalized spacial score (nSPS) is 11.8. The molecule has 0 spiro atoms. The van der Waals surface area contributed by atoms with E-state index in [0.29, 0.717) is 0 Å². The summed E-state index contributed by atoms with van der Waals surface area (Å²) in [6.45, 7) is 6.53. The van der Waals surface area contributed by atoms with Crippen LogP contribution in [0.4, 0.5) is 18.9 Å². The molecule has 2 aromatic rings. The Balaban J connectivity index is 2.09. The minimum atomic E-state index is -4.86. The molecule has 0 N–H and O–H groups in total. The van der Waals surface area contributed by atoms with E-state index in [0.717, 1.165) is 24.2 Å². The zero-order valence-electron chi connectivity index (χ0n) is 22.7. The van der Waals surface area contributed by atoms with Crippen molar-refractivity contribution >= 4 is 23.6 Å². The van der Waals surface area contributed by atoms with Gasteiger partial charge in [0, 0.05) is 24.3 Å². The van der Waals surface area contributed by atoms with E-state index in [9.17, 15) is 18.0 Å². The van der Waals surface area contributed by atoms with E-state index < -0.39 is 12.0 Å². The highest BCUT2D eigenvalue weighted by atomic mass is 19.4. The van der Waals surface area contributed by atoms with Gasteiger partial charge in [-0.15, -0.1) is 0 Å². The fourth-order valence-electron chi connectivity index (χ4n) is 4.53. The maximum atomic E-state index is 12.7. The second-order valence-corrected chi connectivity index (χ2v) is 9.86. The van der Waals surface area contributed by atoms with E-state index >= 15 is 0 Å². The van der Waals surface area contributed by atoms with Crippen molar-refractivity contribution in [1.82, 2.24) is 0 Å². The highest BCUT2D eigenvalue weighted by molar-refractivity contribution is 6.00. The molecule has 0 bridgehead atoms. The highest BCUT2D eigenvalue weighted by Gasteiger charge is 2.39. The van der Waals surface area contributed by atoms with Crippen LogP contribution in [0.15, 0.2) is 48.5 Å². The van der Waals surface area contributed by atoms with Crippen LogP contribution in [0.25, 0.3) is 12.2 Å². The second kappa shape index (κ2) is 17.0. The van der Waals surface area contributed by atoms with Gasteiger partial charge in [0.1, 0.15) is 0 Å². The number of carbonyl (C=O) groups is 1. The maximum absolute atomic E-state index is 12.7. The Kier molecular flexibility index (Phi) is 14.1. The smallest absolute Gasteiger partial charge is 0.371 e. The highest BCUT2D eigenvalue weighted by Crippen LogP contribution is 2.25. The molecule has 0 atom stereocenters. The van der Waals surface area contributed by atoms with Crippen molar-refractivity contribution in [2.24, 2.45) is 0 Å². The summed E-state index contributed by atoms with van der Waals surface area (Å²) < 4.78 is 38.1. The van der Waals surface area contributed by atoms with Crippen LogP contribution in [0.2, 0.25) is 0 Å². The molecular weight excluding hydrogens is 471 g/mol. The number of hydrogen-bond acceptors (Lipinski definition) is 2. The van der Waals surface area contributed by atoms with Gasteiger partial charge < -0.3 is 4.90 Å². The fraction of sp³-hybridized carbons (Fsp3) is 0.531. The van der Waals surface area contributed by atoms with Crippen LogP contribution < -0.4 is 4.90 Å². The number of nitrogens with zero attached hydrogens (tertiary/aromatic N) is 1. The van der Waals surface area contributed by atoms with Crippen LogP contribution in [0.3, 0.4) is 0 Å². The van der Waals surface area contributed by atoms with Crippen LogP contribution >= 0.6 is 0 Å². The largest absolute Gasteiger partial charge is 0.454 e. The number of hydrogen-bond donors (Lipinski definition) is 0. The first-order chi connectivity index (χ1) is 17.9. The molecule has 5 heteroatoms. The van der Waals surface area contributed by atoms with Crippen LogP contribution in [0.5, 0.6) is 0 Å². The summed E-state index contributed by atoms with van der Waals surface area (Å²) in [5.74, 6) is -1.81. The monoisotopic (exact) mass is 515 g/mol. The van der Waals surface area contributed by atoms with Gasteiger partial charge in [-0.1, -0.05) is 133 Å². The number of benzene rings is 2. The average molecular weight is 516 g/mol. The topological polar surface area (TPSA) is 20.3 Å². The second-order valence-electron chi connectivity index (χ2n) is 9.86. The third-order valence-corrected chi connectivity index (χ3v) is 6.73. The first-order valence-corrected chi connectivity index (χ1v) is 14.1. The van der Waals surface area contributed by atoms with Gasteiger partial charge in [-0.3, -0.25) is 4.79 Å². The number of Topliss-reactive ketones (excluding diaryl/α,β-unsaturated/α-hetero) is 1. The van der Waals surface area contributed by atoms with E-state index in [1.807, 2.05) is 18.2 Å². The summed E-state index contributed by atoms with van der Waals surface area (Å²) in [4.78, 5) is 14.0. The van der Waals surface area contributed by atoms with Crippen LogP contribution in [-0.4, -0.2) is 25.0 Å². The lowest BCUT2D eigenvalue weighted by molar-refractivity contribution is -0.0885. The number of ketones is 1. The number of halogens is 3. The molecule has 2 rings (SSSR count). The molecule has 0 unspecified atom stereocenters. The fourth-order valence-corrected chi connectivity index (χ4v) is 4.53. The van der Waals surface area contributed by atoms with Gasteiger partial charge in [-0.05, 0) is 30.0 Å². The number of carbonyl (C=O) groups excluding carboxylic acids is 1. The van der Waals surface area contributed by atoms with Gasteiger partial charge in [0.05, 0.1) is 0 Å². The Bertz CT molecular complexity index is 918. The van der Waals surface area contributed by atoms with E-state index in [1.165, 1.54) is 94.9 Å². The molecule has 204 valence electrons. The molecular formula is C32H44F3NO. The molecule has 0 radical (unpaired) electrons. The summed E-state index contributed by atoms with van der Waals surface area (Å²) in [6.07, 6.45) is 14.2. The van der Waals surface area contributed by atoms with Gasteiger partial charge in [0.15, 0.2) is 0 Å². The molecule has 0 aliphatic rings. The lowest BCUT2D eigenvalue weighted by Crippen LogP contribution is -2.26. The lowest BCUT2D eigenvalue weighted by Gasteiger charge is -2.27. The van der Waals surface area contributed by atoms with Crippen molar-refractivity contribution in [2.75, 3.05) is 18.0 Å². The van der Waals surface area contributed by atoms with E-state index in [-0.39, 0.29) is 5.56 Å². The SMILES string of the molecule is CCCCCCCCN(CCCCCCCC)c1ccccc1/C=C/c1ccc(C(=O)C(F)(F)F)cc1. The molecule has 0 aliphatic heterocycles. The zero-order valence-corrected chi connectivity index (χ0v) is 22.7. The minimum absolute atomic E-state index is 0.339. The maximum Gasteiger partial charge on any atom is 0.454 e. The lowest BCUT2D eigenvalue weighted by atomic mass is 10.0. The van der Waals surface area contributed by atoms with Gasteiger partial charge in [-0.2, -0.15) is 13.2 Å². The predicted octanol–water partition coefficient (Wildman–Crippen LogP) is 10.1. The van der Waals surface area contributed by atoms with E-state index in [4.69, 9.17) is 0 Å². The Morgan fingerprint density at radius 2 is 1.22 bits per heavy atom. The third kappa shape index (κ3) is 11.6. The number of anilines is 1. The minimum Gasteiger partial charge on any atom is -0.371 e. The number of rotatable bonds is 18. The predicted molar refractivity (Wildman–Crippen MR) is 151 cm³/mol. The van der Waals surface area contributed by atoms with Gasteiger partial charge in [0.2, 0.25) is 0 Å². The standard InChI is InChI=1S/C32H44F3NO/c1-3-5-7-9-11-15-25-36(26-16-12-10-8-6-4-2)30-18-14-13-17-28(30)22-19-27-20-23-29(24-21-27)31(37)32(33,34)35/h13-14,17-24H,3-12,15-16,25-26H2,1-2H3/b22-19+. The van der Waals surface area contributed by atoms with Crippen molar-refractivity contribution < 1.29 is 18.0 Å². The third-order valence-electron chi connectivity index (χ3n) is 6.73. The molecule has 0 saturated carbocycles. The van der Waals surface area contributed by atoms with E-state index in [1.54, 1.807) is 12.1 Å². The number of unbranched alkanes of at least 4 members (excludes halogenated alkanes) is 10. The Morgan fingerprint density at radius 1 is 0.703 bits per heavy atom. The first kappa shape index (κ1) is 30.7. The molecule has 0 fully saturated rings. The Labute approximate surface area is 222 Å². The molecule has 0 aromatic heterocycles. The number of alkyl halides is 3. The summed E-state index contributed by atoms with van der Waals surface area (Å²) in [6, 6.07) is 13.9. The summed E-state index contributed by atoms with van der Waals surface area (Å²) in [5.41, 5.74) is 2.71. The zero-order chi connectivity index (χ0) is 26.9. The molecule has 2 aromatic carbocycles. The molecule has 0 aliphatic carbocycles. The first-order valence-electron chi connectivity index (χ1n) is 14.1. The van der Waals surface area contributed by atoms with Crippen molar-refractivity contribution in [3.05, 3.63) is 65.2 Å². The number of para-hydroxylation sites is 1. The Morgan fingerprint density at radius 3 is 1.76 bits per heavy atom. The van der Waals surface area contributed by atoms with Gasteiger partial charge in [-0.25, -0.2) is 0 Å². The van der Waals surface area contributed by atoms with Crippen molar-refractivity contribution in [2.45, 2.75) is 97.1 Å². The van der Waals surface area contributed by atoms with Crippen LogP contribution in [0, 0.1) is 0 Å². The molecule has 2 nitrogen and oxygen atoms in total. The molecule has 0 heterocycles. The van der Waals surface area contributed by atoms with Gasteiger partial charge in [0.25, 0.3) is 5.78 Å². The summed E-state index contributed by atoms with van der Waals surface area (Å²) >= 11 is 0. The average Bonchev–Trinajstić information content (AvgIpc) is 2.89. The van der Waals surface area contributed by atoms with Crippen LogP contribution in [-0.2, 0) is 0 Å². The van der Waals surface area contributed by atoms with Crippen molar-refractivity contribution in [3.8, 4) is 0 Å². The molecule has 0 amide bonds. The Hall–Kier alpha value is -2.56. The van der Waals surface area contributed by atoms with Crippen molar-refractivity contribution in [3.63, 3.8) is 0 Å². The van der Waals surface area contributed by atoms with Gasteiger partial charge >= 0.3 is 6.18 Å². The molecule has 0 saturated heterocycles. The van der Waals surface area contributed by atoms with E-state index in [2.05, 4.69) is 36.9 Å². The summed E-state index contributed by atoms with van der Waals surface area (Å²) in [5, 5.41) is 0. The quantitative estimate of drug-likeness (QED) is 0.112. The molecule has 37 heavy (non-hydrogen) atoms.